The molecule has 2 aromatic heterocycles. The van der Waals surface area contributed by atoms with Gasteiger partial charge in [0, 0.05) is 31.7 Å². The van der Waals surface area contributed by atoms with E-state index in [1.807, 2.05) is 33.8 Å². The summed E-state index contributed by atoms with van der Waals surface area (Å²) in [6.45, 7) is 1.30. The van der Waals surface area contributed by atoms with E-state index < -0.39 is 6.23 Å². The number of phenolic OH excluding ortho intramolecular Hbond substituents is 1. The quantitative estimate of drug-likeness (QED) is 0.316. The number of hydrogen-bond donors (Lipinski definition) is 4. The summed E-state index contributed by atoms with van der Waals surface area (Å²) in [5.74, 6) is 1.80. The molecule has 3 heterocycles. The van der Waals surface area contributed by atoms with E-state index >= 15 is 0 Å². The molecule has 1 aliphatic rings. The van der Waals surface area contributed by atoms with Crippen molar-refractivity contribution in [3.8, 4) is 28.5 Å². The Morgan fingerprint density at radius 2 is 1.77 bits per heavy atom. The second-order valence-corrected chi connectivity index (χ2v) is 8.65. The maximum Gasteiger partial charge on any atom is 0.164 e. The molecule has 0 aliphatic carbocycles. The fourth-order valence-electron chi connectivity index (χ4n) is 4.53. The first kappa shape index (κ1) is 23.0. The number of aliphatic hydroxyl groups is 2. The minimum absolute atomic E-state index is 0.000235. The van der Waals surface area contributed by atoms with Gasteiger partial charge in [0.15, 0.2) is 5.65 Å². The molecule has 2 unspecified atom stereocenters. The van der Waals surface area contributed by atoms with Crippen molar-refractivity contribution in [2.75, 3.05) is 25.4 Å². The summed E-state index contributed by atoms with van der Waals surface area (Å²) >= 11 is 0. The van der Waals surface area contributed by atoms with Gasteiger partial charge < -0.3 is 25.8 Å². The number of likely N-dealkylation sites (tertiary alicyclic amines) is 1. The molecular formula is C25H28N6O4. The van der Waals surface area contributed by atoms with Crippen molar-refractivity contribution >= 4 is 16.9 Å². The Bertz CT molecular complexity index is 1290. The van der Waals surface area contributed by atoms with Gasteiger partial charge in [0.1, 0.15) is 41.3 Å². The number of nitrogens with two attached hydrogens (primary N) is 1. The maximum atomic E-state index is 10.4. The van der Waals surface area contributed by atoms with Crippen LogP contribution in [0.1, 0.15) is 25.3 Å². The van der Waals surface area contributed by atoms with Gasteiger partial charge in [-0.25, -0.2) is 14.6 Å². The average Bonchev–Trinajstić information content (AvgIpc) is 3.27. The van der Waals surface area contributed by atoms with Gasteiger partial charge in [-0.05, 0) is 61.4 Å². The zero-order chi connectivity index (χ0) is 24.4. The van der Waals surface area contributed by atoms with E-state index in [1.165, 1.54) is 6.33 Å². The Balaban J connectivity index is 1.45. The van der Waals surface area contributed by atoms with Crippen molar-refractivity contribution in [1.29, 1.82) is 0 Å². The summed E-state index contributed by atoms with van der Waals surface area (Å²) in [5, 5.41) is 34.7. The van der Waals surface area contributed by atoms with E-state index in [-0.39, 0.29) is 18.4 Å². The third-order valence-corrected chi connectivity index (χ3v) is 6.30. The summed E-state index contributed by atoms with van der Waals surface area (Å²) in [5.41, 5.74) is 8.45. The van der Waals surface area contributed by atoms with Crippen LogP contribution in [0.25, 0.3) is 22.3 Å². The lowest BCUT2D eigenvalue weighted by Crippen LogP contribution is -2.43. The number of rotatable bonds is 7. The monoisotopic (exact) mass is 476 g/mol. The Kier molecular flexibility index (Phi) is 6.49. The van der Waals surface area contributed by atoms with E-state index in [2.05, 4.69) is 9.97 Å². The Labute approximate surface area is 202 Å². The van der Waals surface area contributed by atoms with Crippen molar-refractivity contribution in [2.45, 2.75) is 31.5 Å². The molecule has 35 heavy (non-hydrogen) atoms. The smallest absolute Gasteiger partial charge is 0.164 e. The number of piperidine rings is 1. The second kappa shape index (κ2) is 9.87. The molecular weight excluding hydrogens is 448 g/mol. The summed E-state index contributed by atoms with van der Waals surface area (Å²) in [4.78, 5) is 10.7. The number of anilines is 1. The van der Waals surface area contributed by atoms with Gasteiger partial charge in [0.2, 0.25) is 0 Å². The van der Waals surface area contributed by atoms with Crippen LogP contribution >= 0.6 is 0 Å². The highest BCUT2D eigenvalue weighted by Crippen LogP contribution is 2.35. The molecule has 1 saturated heterocycles. The van der Waals surface area contributed by atoms with E-state index in [1.54, 1.807) is 24.3 Å². The molecule has 5 N–H and O–H groups in total. The Morgan fingerprint density at radius 3 is 2.49 bits per heavy atom. The molecule has 0 saturated carbocycles. The van der Waals surface area contributed by atoms with Gasteiger partial charge in [-0.1, -0.05) is 0 Å². The van der Waals surface area contributed by atoms with E-state index in [4.69, 9.17) is 15.6 Å². The van der Waals surface area contributed by atoms with Crippen LogP contribution in [0.15, 0.2) is 54.9 Å². The highest BCUT2D eigenvalue weighted by atomic mass is 16.5. The molecule has 2 atom stereocenters. The molecule has 2 aromatic carbocycles. The fraction of sp³-hybridized carbons (Fsp3) is 0.320. The summed E-state index contributed by atoms with van der Waals surface area (Å²) in [6.07, 6.45) is 2.85. The highest BCUT2D eigenvalue weighted by molar-refractivity contribution is 5.98. The summed E-state index contributed by atoms with van der Waals surface area (Å²) < 4.78 is 7.75. The number of aromatic hydroxyl groups is 1. The van der Waals surface area contributed by atoms with Crippen LogP contribution in [0.5, 0.6) is 17.2 Å². The number of hydrogen-bond acceptors (Lipinski definition) is 9. The fourth-order valence-corrected chi connectivity index (χ4v) is 4.53. The average molecular weight is 477 g/mol. The standard InChI is InChI=1S/C25H28N6O4/c26-24-22-23(16-3-7-19(8-4-16)35-20-9-5-18(33)6-10-20)29-31(25(22)28-15-27-24)17-2-1-12-30(14-17)21(34)11-13-32/h3-10,15,17,21,32-34H,1-2,11-14H2,(H2,26,27,28). The number of fused-ring (bicyclic) bond motifs is 1. The van der Waals surface area contributed by atoms with Gasteiger partial charge in [-0.15, -0.1) is 0 Å². The largest absolute Gasteiger partial charge is 0.508 e. The molecule has 182 valence electrons. The van der Waals surface area contributed by atoms with Gasteiger partial charge >= 0.3 is 0 Å². The second-order valence-electron chi connectivity index (χ2n) is 8.65. The lowest BCUT2D eigenvalue weighted by atomic mass is 10.1. The van der Waals surface area contributed by atoms with Crippen molar-refractivity contribution in [3.63, 3.8) is 0 Å². The number of nitrogen functional groups attached to an aromatic ring is 1. The third-order valence-electron chi connectivity index (χ3n) is 6.30. The van der Waals surface area contributed by atoms with Gasteiger partial charge in [-0.2, -0.15) is 5.10 Å². The van der Waals surface area contributed by atoms with Crippen LogP contribution in [0.3, 0.4) is 0 Å². The number of benzene rings is 2. The van der Waals surface area contributed by atoms with Crippen LogP contribution in [-0.4, -0.2) is 65.9 Å². The molecule has 1 aliphatic heterocycles. The highest BCUT2D eigenvalue weighted by Gasteiger charge is 2.29. The first-order chi connectivity index (χ1) is 17.0. The van der Waals surface area contributed by atoms with Crippen LogP contribution in [0.2, 0.25) is 0 Å². The van der Waals surface area contributed by atoms with Gasteiger partial charge in [-0.3, -0.25) is 4.90 Å². The lowest BCUT2D eigenvalue weighted by molar-refractivity contribution is -0.0337. The predicted octanol–water partition coefficient (Wildman–Crippen LogP) is 2.91. The molecule has 5 rings (SSSR count). The van der Waals surface area contributed by atoms with Crippen LogP contribution in [0.4, 0.5) is 5.82 Å². The van der Waals surface area contributed by atoms with Crippen molar-refractivity contribution < 1.29 is 20.1 Å². The topological polar surface area (TPSA) is 143 Å². The zero-order valence-corrected chi connectivity index (χ0v) is 19.2. The van der Waals surface area contributed by atoms with Crippen molar-refractivity contribution in [1.82, 2.24) is 24.6 Å². The molecule has 10 nitrogen and oxygen atoms in total. The number of aliphatic hydroxyl groups excluding tert-OH is 2. The normalized spacial score (nSPS) is 17.5. The molecule has 0 bridgehead atoms. The van der Waals surface area contributed by atoms with Gasteiger partial charge in [0.25, 0.3) is 0 Å². The Hall–Kier alpha value is -3.73. The van der Waals surface area contributed by atoms with E-state index in [0.29, 0.717) is 47.0 Å². The number of nitrogens with zero attached hydrogens (tertiary/aromatic N) is 5. The summed E-state index contributed by atoms with van der Waals surface area (Å²) in [7, 11) is 0. The molecule has 1 fully saturated rings. The minimum atomic E-state index is -0.690. The number of phenols is 1. The first-order valence-electron chi connectivity index (χ1n) is 11.6. The van der Waals surface area contributed by atoms with E-state index in [0.717, 1.165) is 24.9 Å². The molecule has 10 heteroatoms. The van der Waals surface area contributed by atoms with Crippen molar-refractivity contribution in [3.05, 3.63) is 54.9 Å². The zero-order valence-electron chi connectivity index (χ0n) is 19.2. The Morgan fingerprint density at radius 1 is 1.06 bits per heavy atom. The number of ether oxygens (including phenoxy) is 1. The molecule has 4 aromatic rings. The van der Waals surface area contributed by atoms with E-state index in [9.17, 15) is 15.3 Å². The SMILES string of the molecule is Nc1ncnc2c1c(-c1ccc(Oc3ccc(O)cc3)cc1)nn2C1CCCN(C(O)CCO)C1. The molecule has 0 radical (unpaired) electrons. The molecule has 0 amide bonds. The predicted molar refractivity (Wildman–Crippen MR) is 131 cm³/mol. The third kappa shape index (κ3) is 4.76. The first-order valence-corrected chi connectivity index (χ1v) is 11.6. The van der Waals surface area contributed by atoms with Crippen LogP contribution < -0.4 is 10.5 Å². The van der Waals surface area contributed by atoms with Crippen molar-refractivity contribution in [2.24, 2.45) is 0 Å². The lowest BCUT2D eigenvalue weighted by Gasteiger charge is -2.35. The summed E-state index contributed by atoms with van der Waals surface area (Å²) in [6, 6.07) is 14.0. The van der Waals surface area contributed by atoms with Crippen LogP contribution in [-0.2, 0) is 0 Å². The van der Waals surface area contributed by atoms with Gasteiger partial charge in [0.05, 0.1) is 11.4 Å². The maximum absolute atomic E-state index is 10.4. The van der Waals surface area contributed by atoms with Crippen LogP contribution in [0, 0.1) is 0 Å². The minimum Gasteiger partial charge on any atom is -0.508 e. The number of aromatic nitrogens is 4. The molecule has 0 spiro atoms.